The molecule has 0 aliphatic heterocycles. The molecule has 0 aliphatic rings. The Kier molecular flexibility index (Phi) is 10.4. The topological polar surface area (TPSA) is 86.8 Å². The van der Waals surface area contributed by atoms with Gasteiger partial charge in [-0.15, -0.1) is 0 Å². The Morgan fingerprint density at radius 3 is 2.06 bits per heavy atom. The van der Waals surface area contributed by atoms with Crippen LogP contribution >= 0.6 is 0 Å². The van der Waals surface area contributed by atoms with Gasteiger partial charge in [-0.3, -0.25) is 4.79 Å². The van der Waals surface area contributed by atoms with Crippen molar-refractivity contribution in [3.63, 3.8) is 0 Å². The summed E-state index contributed by atoms with van der Waals surface area (Å²) in [4.78, 5) is 13.1. The maximum absolute atomic E-state index is 11.6. The quantitative estimate of drug-likeness (QED) is 0.452. The van der Waals surface area contributed by atoms with Crippen molar-refractivity contribution in [3.05, 3.63) is 0 Å². The van der Waals surface area contributed by atoms with Gasteiger partial charge in [0.05, 0.1) is 13.2 Å². The summed E-state index contributed by atoms with van der Waals surface area (Å²) in [5, 5.41) is 17.5. The van der Waals surface area contributed by atoms with E-state index < -0.39 is 0 Å². The van der Waals surface area contributed by atoms with E-state index in [0.29, 0.717) is 26.1 Å². The Bertz CT molecular complexity index is 171. The zero-order valence-electron chi connectivity index (χ0n) is 9.90. The number of aliphatic hydroxyl groups excluding tert-OH is 2. The van der Waals surface area contributed by atoms with E-state index in [1.165, 1.54) is 4.90 Å². The van der Waals surface area contributed by atoms with Crippen LogP contribution in [0.25, 0.3) is 0 Å². The average molecular weight is 232 g/mol. The summed E-state index contributed by atoms with van der Waals surface area (Å²) in [6.07, 6.45) is 4.42. The molecule has 96 valence electrons. The fourth-order valence-corrected chi connectivity index (χ4v) is 1.53. The predicted molar refractivity (Wildman–Crippen MR) is 62.9 cm³/mol. The van der Waals surface area contributed by atoms with Gasteiger partial charge in [-0.25, -0.2) is 0 Å². The molecule has 0 aromatic carbocycles. The molecular weight excluding hydrogens is 208 g/mol. The molecule has 16 heavy (non-hydrogen) atoms. The number of carbonyl (C=O) groups excluding carboxylic acids is 1. The number of rotatable bonds is 10. The lowest BCUT2D eigenvalue weighted by atomic mass is 10.1. The molecule has 0 fully saturated rings. The average Bonchev–Trinajstić information content (AvgIpc) is 2.28. The third-order valence-electron chi connectivity index (χ3n) is 2.44. The first-order chi connectivity index (χ1) is 7.76. The van der Waals surface area contributed by atoms with Crippen molar-refractivity contribution < 1.29 is 15.0 Å². The van der Waals surface area contributed by atoms with E-state index in [4.69, 9.17) is 15.9 Å². The summed E-state index contributed by atoms with van der Waals surface area (Å²) in [7, 11) is 0. The fourth-order valence-electron chi connectivity index (χ4n) is 1.53. The Hall–Kier alpha value is -0.650. The molecule has 0 aromatic heterocycles. The van der Waals surface area contributed by atoms with E-state index in [9.17, 15) is 4.79 Å². The van der Waals surface area contributed by atoms with Gasteiger partial charge in [0.25, 0.3) is 0 Å². The maximum Gasteiger partial charge on any atom is 0.222 e. The second-order valence-corrected chi connectivity index (χ2v) is 3.78. The second kappa shape index (κ2) is 10.9. The van der Waals surface area contributed by atoms with Gasteiger partial charge in [-0.05, 0) is 19.4 Å². The number of unbranched alkanes of at least 4 members (excludes halogenated alkanes) is 3. The fraction of sp³-hybridized carbons (Fsp3) is 0.909. The monoisotopic (exact) mass is 232 g/mol. The zero-order valence-corrected chi connectivity index (χ0v) is 9.90. The minimum Gasteiger partial charge on any atom is -0.395 e. The first-order valence-electron chi connectivity index (χ1n) is 5.95. The van der Waals surface area contributed by atoms with E-state index in [1.54, 1.807) is 0 Å². The number of nitrogens with zero attached hydrogens (tertiary/aromatic N) is 1. The van der Waals surface area contributed by atoms with Gasteiger partial charge < -0.3 is 20.8 Å². The van der Waals surface area contributed by atoms with Crippen molar-refractivity contribution >= 4 is 5.91 Å². The summed E-state index contributed by atoms with van der Waals surface area (Å²) < 4.78 is 0. The lowest BCUT2D eigenvalue weighted by molar-refractivity contribution is -0.132. The summed E-state index contributed by atoms with van der Waals surface area (Å²) in [6.45, 7) is 1.21. The standard InChI is InChI=1S/C11H24N2O3/c12-6-4-2-1-3-5-11(16)13(7-9-14)8-10-15/h14-15H,1-10,12H2. The lowest BCUT2D eigenvalue weighted by Gasteiger charge is -2.20. The number of nitrogens with two attached hydrogens (primary N) is 1. The van der Waals surface area contributed by atoms with Crippen LogP contribution in [0.1, 0.15) is 32.1 Å². The van der Waals surface area contributed by atoms with Crippen LogP contribution in [-0.4, -0.2) is 53.9 Å². The Morgan fingerprint density at radius 1 is 1.00 bits per heavy atom. The first kappa shape index (κ1) is 15.3. The normalized spacial score (nSPS) is 10.4. The van der Waals surface area contributed by atoms with Gasteiger partial charge in [0.1, 0.15) is 0 Å². The van der Waals surface area contributed by atoms with Gasteiger partial charge in [0, 0.05) is 19.5 Å². The van der Waals surface area contributed by atoms with Gasteiger partial charge in [0.15, 0.2) is 0 Å². The van der Waals surface area contributed by atoms with Crippen LogP contribution in [0.4, 0.5) is 0 Å². The molecule has 0 radical (unpaired) electrons. The maximum atomic E-state index is 11.6. The number of amides is 1. The molecule has 1 amide bonds. The highest BCUT2D eigenvalue weighted by Crippen LogP contribution is 2.05. The molecule has 0 spiro atoms. The van der Waals surface area contributed by atoms with Crippen LogP contribution in [0, 0.1) is 0 Å². The number of carbonyl (C=O) groups is 1. The SMILES string of the molecule is NCCCCCCC(=O)N(CCO)CCO. The van der Waals surface area contributed by atoms with Crippen LogP contribution < -0.4 is 5.73 Å². The highest BCUT2D eigenvalue weighted by Gasteiger charge is 2.11. The predicted octanol–water partition coefficient (Wildman–Crippen LogP) is -0.291. The van der Waals surface area contributed by atoms with E-state index in [2.05, 4.69) is 0 Å². The van der Waals surface area contributed by atoms with Crippen molar-refractivity contribution in [2.75, 3.05) is 32.8 Å². The smallest absolute Gasteiger partial charge is 0.222 e. The summed E-state index contributed by atoms with van der Waals surface area (Å²) in [5.74, 6) is 0.0100. The molecule has 0 aliphatic carbocycles. The van der Waals surface area contributed by atoms with Gasteiger partial charge in [-0.1, -0.05) is 12.8 Å². The van der Waals surface area contributed by atoms with Crippen LogP contribution in [0.5, 0.6) is 0 Å². The van der Waals surface area contributed by atoms with Crippen LogP contribution in [0.2, 0.25) is 0 Å². The number of aliphatic hydroxyl groups is 2. The molecule has 5 heteroatoms. The molecule has 0 atom stereocenters. The van der Waals surface area contributed by atoms with E-state index in [0.717, 1.165) is 25.7 Å². The van der Waals surface area contributed by atoms with Gasteiger partial charge in [0.2, 0.25) is 5.91 Å². The second-order valence-electron chi connectivity index (χ2n) is 3.78. The highest BCUT2D eigenvalue weighted by molar-refractivity contribution is 5.76. The molecule has 0 bridgehead atoms. The third kappa shape index (κ3) is 7.62. The van der Waals surface area contributed by atoms with Crippen molar-refractivity contribution in [1.29, 1.82) is 0 Å². The van der Waals surface area contributed by atoms with E-state index >= 15 is 0 Å². The largest absolute Gasteiger partial charge is 0.395 e. The summed E-state index contributed by atoms with van der Waals surface area (Å²) in [6, 6.07) is 0. The summed E-state index contributed by atoms with van der Waals surface area (Å²) in [5.41, 5.74) is 5.37. The molecule has 0 aromatic rings. The van der Waals surface area contributed by atoms with Crippen LogP contribution in [0.15, 0.2) is 0 Å². The molecule has 0 rings (SSSR count). The van der Waals surface area contributed by atoms with Crippen molar-refractivity contribution in [1.82, 2.24) is 4.90 Å². The molecule has 5 nitrogen and oxygen atoms in total. The van der Waals surface area contributed by atoms with Crippen molar-refractivity contribution in [2.45, 2.75) is 32.1 Å². The van der Waals surface area contributed by atoms with E-state index in [1.807, 2.05) is 0 Å². The van der Waals surface area contributed by atoms with Gasteiger partial charge >= 0.3 is 0 Å². The number of hydrogen-bond donors (Lipinski definition) is 3. The van der Waals surface area contributed by atoms with Gasteiger partial charge in [-0.2, -0.15) is 0 Å². The van der Waals surface area contributed by atoms with Crippen LogP contribution in [0.3, 0.4) is 0 Å². The molecule has 4 N–H and O–H groups in total. The molecule has 0 saturated carbocycles. The minimum atomic E-state index is -0.0566. The lowest BCUT2D eigenvalue weighted by Crippen LogP contribution is -2.35. The number of hydrogen-bond acceptors (Lipinski definition) is 4. The van der Waals surface area contributed by atoms with Crippen molar-refractivity contribution in [2.24, 2.45) is 5.73 Å². The molecular formula is C11H24N2O3. The highest BCUT2D eigenvalue weighted by atomic mass is 16.3. The minimum absolute atomic E-state index is 0.0100. The van der Waals surface area contributed by atoms with Crippen LogP contribution in [-0.2, 0) is 4.79 Å². The van der Waals surface area contributed by atoms with Crippen molar-refractivity contribution in [3.8, 4) is 0 Å². The molecule has 0 heterocycles. The van der Waals surface area contributed by atoms with E-state index in [-0.39, 0.29) is 19.1 Å². The Balaban J connectivity index is 3.65. The molecule has 0 unspecified atom stereocenters. The Morgan fingerprint density at radius 2 is 1.56 bits per heavy atom. The zero-order chi connectivity index (χ0) is 12.2. The summed E-state index contributed by atoms with van der Waals surface area (Å²) >= 11 is 0. The Labute approximate surface area is 97.2 Å². The first-order valence-corrected chi connectivity index (χ1v) is 5.95. The third-order valence-corrected chi connectivity index (χ3v) is 2.44. The molecule has 0 saturated heterocycles.